The van der Waals surface area contributed by atoms with Crippen molar-refractivity contribution in [2.75, 3.05) is 36.1 Å². The second-order valence-electron chi connectivity index (χ2n) is 7.01. The summed E-state index contributed by atoms with van der Waals surface area (Å²) in [6.07, 6.45) is 0.537. The molecular weight excluding hydrogens is 501 g/mol. The van der Waals surface area contributed by atoms with Gasteiger partial charge in [-0.25, -0.2) is 26.0 Å². The van der Waals surface area contributed by atoms with Crippen molar-refractivity contribution in [3.63, 3.8) is 0 Å². The molecule has 32 heavy (non-hydrogen) atoms. The molecule has 7 nitrogen and oxygen atoms in total. The third-order valence-electron chi connectivity index (χ3n) is 4.61. The van der Waals surface area contributed by atoms with Crippen molar-refractivity contribution in [1.82, 2.24) is 5.32 Å². The Balaban J connectivity index is 1.67. The first-order valence-electron chi connectivity index (χ1n) is 8.83. The predicted octanol–water partition coefficient (Wildman–Crippen LogP) is 3.08. The van der Waals surface area contributed by atoms with Gasteiger partial charge >= 0.3 is 0 Å². The number of halogens is 6. The number of benzene rings is 2. The molecule has 174 valence electrons. The number of phenols is 1. The number of anilines is 2. The molecule has 0 saturated carbocycles. The molecule has 0 unspecified atom stereocenters. The van der Waals surface area contributed by atoms with Crippen LogP contribution in [0.15, 0.2) is 17.0 Å². The van der Waals surface area contributed by atoms with Crippen LogP contribution in [-0.4, -0.2) is 51.4 Å². The summed E-state index contributed by atoms with van der Waals surface area (Å²) in [4.78, 5) is 11.8. The van der Waals surface area contributed by atoms with Crippen molar-refractivity contribution in [2.45, 2.75) is 10.9 Å². The first-order valence-corrected chi connectivity index (χ1v) is 11.5. The maximum atomic E-state index is 14.3. The third kappa shape index (κ3) is 4.66. The quantitative estimate of drug-likeness (QED) is 0.180. The molecule has 1 saturated heterocycles. The topological polar surface area (TPSA) is 98.7 Å². The van der Waals surface area contributed by atoms with Gasteiger partial charge < -0.3 is 20.6 Å². The standard InChI is InChI=1S/C18H15Cl2F4N3O4S/c1-32(30,31)18-16(24)14(22)13(21)15(23)17(18)27-5-7(6-27)26-12(29)4-25-10-2-8(19)9(20)3-11(10)28/h2-3,7,25,28H,4-6H2,1H3,(H,26,29). The minimum Gasteiger partial charge on any atom is -0.506 e. The number of carbonyl (C=O) groups is 1. The van der Waals surface area contributed by atoms with Crippen LogP contribution in [0.2, 0.25) is 10.0 Å². The fourth-order valence-corrected chi connectivity index (χ4v) is 4.41. The highest BCUT2D eigenvalue weighted by molar-refractivity contribution is 7.90. The number of nitrogens with zero attached hydrogens (tertiary/aromatic N) is 1. The second kappa shape index (κ2) is 8.83. The number of hydrogen-bond acceptors (Lipinski definition) is 6. The molecule has 0 aliphatic carbocycles. The number of hydrogen-bond donors (Lipinski definition) is 3. The smallest absolute Gasteiger partial charge is 0.239 e. The van der Waals surface area contributed by atoms with Gasteiger partial charge in [0.1, 0.15) is 10.6 Å². The molecule has 14 heteroatoms. The average Bonchev–Trinajstić information content (AvgIpc) is 2.66. The van der Waals surface area contributed by atoms with E-state index in [9.17, 15) is 35.9 Å². The lowest BCUT2D eigenvalue weighted by molar-refractivity contribution is -0.120. The summed E-state index contributed by atoms with van der Waals surface area (Å²) < 4.78 is 79.2. The lowest BCUT2D eigenvalue weighted by Crippen LogP contribution is -2.60. The third-order valence-corrected chi connectivity index (χ3v) is 6.45. The van der Waals surface area contributed by atoms with E-state index in [0.717, 1.165) is 4.90 Å². The summed E-state index contributed by atoms with van der Waals surface area (Å²) in [5.41, 5.74) is -0.796. The van der Waals surface area contributed by atoms with E-state index in [-0.39, 0.29) is 41.1 Å². The van der Waals surface area contributed by atoms with Crippen molar-refractivity contribution in [2.24, 2.45) is 0 Å². The molecule has 2 aromatic rings. The van der Waals surface area contributed by atoms with Crippen LogP contribution in [-0.2, 0) is 14.6 Å². The first kappa shape index (κ1) is 24.2. The Labute approximate surface area is 189 Å². The summed E-state index contributed by atoms with van der Waals surface area (Å²) >= 11 is 11.6. The zero-order chi connectivity index (χ0) is 24.0. The lowest BCUT2D eigenvalue weighted by Gasteiger charge is -2.42. The summed E-state index contributed by atoms with van der Waals surface area (Å²) in [5, 5.41) is 15.2. The number of sulfone groups is 1. The van der Waals surface area contributed by atoms with Gasteiger partial charge in [0, 0.05) is 25.4 Å². The maximum Gasteiger partial charge on any atom is 0.239 e. The van der Waals surface area contributed by atoms with E-state index >= 15 is 0 Å². The molecule has 2 aromatic carbocycles. The Hall–Kier alpha value is -2.44. The Morgan fingerprint density at radius 2 is 1.66 bits per heavy atom. The molecule has 0 bridgehead atoms. The molecule has 1 heterocycles. The Bertz CT molecular complexity index is 1210. The minimum absolute atomic E-state index is 0.114. The van der Waals surface area contributed by atoms with Crippen molar-refractivity contribution < 1.29 is 35.9 Å². The monoisotopic (exact) mass is 515 g/mol. The molecular formula is C18H15Cl2F4N3O4S. The predicted molar refractivity (Wildman–Crippen MR) is 110 cm³/mol. The molecule has 3 N–H and O–H groups in total. The van der Waals surface area contributed by atoms with Gasteiger partial charge in [-0.2, -0.15) is 0 Å². The molecule has 0 aromatic heterocycles. The van der Waals surface area contributed by atoms with Crippen LogP contribution in [0.25, 0.3) is 0 Å². The molecule has 1 aliphatic heterocycles. The Morgan fingerprint density at radius 3 is 2.25 bits per heavy atom. The van der Waals surface area contributed by atoms with Gasteiger partial charge in [-0.15, -0.1) is 0 Å². The van der Waals surface area contributed by atoms with Crippen molar-refractivity contribution >= 4 is 50.3 Å². The maximum absolute atomic E-state index is 14.3. The normalized spacial score (nSPS) is 14.3. The molecule has 1 fully saturated rings. The number of rotatable bonds is 6. The summed E-state index contributed by atoms with van der Waals surface area (Å²) in [6.45, 7) is -0.674. The molecule has 0 spiro atoms. The van der Waals surface area contributed by atoms with E-state index in [1.165, 1.54) is 12.1 Å². The molecule has 1 amide bonds. The van der Waals surface area contributed by atoms with E-state index in [2.05, 4.69) is 10.6 Å². The number of carbonyl (C=O) groups excluding carboxylic acids is 1. The van der Waals surface area contributed by atoms with E-state index in [0.29, 0.717) is 6.26 Å². The van der Waals surface area contributed by atoms with Gasteiger partial charge in [-0.1, -0.05) is 23.2 Å². The highest BCUT2D eigenvalue weighted by Crippen LogP contribution is 2.37. The number of aromatic hydroxyl groups is 1. The Kier molecular flexibility index (Phi) is 6.68. The number of amides is 1. The van der Waals surface area contributed by atoms with Crippen LogP contribution in [0, 0.1) is 23.3 Å². The van der Waals surface area contributed by atoms with Crippen molar-refractivity contribution in [1.29, 1.82) is 0 Å². The minimum atomic E-state index is -4.44. The molecule has 1 aliphatic rings. The molecule has 3 rings (SSSR count). The Morgan fingerprint density at radius 1 is 1.09 bits per heavy atom. The summed E-state index contributed by atoms with van der Waals surface area (Å²) in [5.74, 6) is -9.02. The van der Waals surface area contributed by atoms with Crippen LogP contribution in [0.1, 0.15) is 0 Å². The second-order valence-corrected chi connectivity index (χ2v) is 9.78. The van der Waals surface area contributed by atoms with Crippen LogP contribution >= 0.6 is 23.2 Å². The fourth-order valence-electron chi connectivity index (χ4n) is 3.11. The SMILES string of the molecule is CS(=O)(=O)c1c(F)c(F)c(F)c(F)c1N1CC(NC(=O)CNc2cc(Cl)c(Cl)cc2O)C1. The summed E-state index contributed by atoms with van der Waals surface area (Å²) in [7, 11) is -4.44. The largest absolute Gasteiger partial charge is 0.506 e. The first-order chi connectivity index (χ1) is 14.8. The highest BCUT2D eigenvalue weighted by atomic mass is 35.5. The van der Waals surface area contributed by atoms with Gasteiger partial charge in [-0.05, 0) is 6.07 Å². The molecule has 0 atom stereocenters. The van der Waals surface area contributed by atoms with E-state index in [1.807, 2.05) is 0 Å². The summed E-state index contributed by atoms with van der Waals surface area (Å²) in [6, 6.07) is 1.88. The number of nitrogens with one attached hydrogen (secondary N) is 2. The van der Waals surface area contributed by atoms with Gasteiger partial charge in [-0.3, -0.25) is 4.79 Å². The van der Waals surface area contributed by atoms with E-state index in [1.54, 1.807) is 0 Å². The van der Waals surface area contributed by atoms with Crippen LogP contribution in [0.3, 0.4) is 0 Å². The van der Waals surface area contributed by atoms with Gasteiger partial charge in [0.2, 0.25) is 5.91 Å². The fraction of sp³-hybridized carbons (Fsp3) is 0.278. The van der Waals surface area contributed by atoms with Crippen LogP contribution in [0.4, 0.5) is 28.9 Å². The van der Waals surface area contributed by atoms with Crippen LogP contribution < -0.4 is 15.5 Å². The van der Waals surface area contributed by atoms with Gasteiger partial charge in [0.15, 0.2) is 33.1 Å². The van der Waals surface area contributed by atoms with Crippen molar-refractivity contribution in [3.8, 4) is 5.75 Å². The van der Waals surface area contributed by atoms with Crippen LogP contribution in [0.5, 0.6) is 5.75 Å². The van der Waals surface area contributed by atoms with Gasteiger partial charge in [0.25, 0.3) is 0 Å². The highest BCUT2D eigenvalue weighted by Gasteiger charge is 2.38. The zero-order valence-corrected chi connectivity index (χ0v) is 18.5. The van der Waals surface area contributed by atoms with Crippen molar-refractivity contribution in [3.05, 3.63) is 45.4 Å². The van der Waals surface area contributed by atoms with Gasteiger partial charge in [0.05, 0.1) is 34.0 Å². The zero-order valence-electron chi connectivity index (χ0n) is 16.1. The average molecular weight is 516 g/mol. The number of phenolic OH excluding ortho intramolecular Hbond substituents is 1. The molecule has 0 radical (unpaired) electrons. The van der Waals surface area contributed by atoms with E-state index in [4.69, 9.17) is 23.2 Å². The van der Waals surface area contributed by atoms with E-state index < -0.39 is 55.6 Å². The lowest BCUT2D eigenvalue weighted by atomic mass is 10.1.